The summed E-state index contributed by atoms with van der Waals surface area (Å²) >= 11 is 0. The summed E-state index contributed by atoms with van der Waals surface area (Å²) in [7, 11) is 0. The second-order valence-corrected chi connectivity index (χ2v) is 3.77. The number of nitrogens with zero attached hydrogens (tertiary/aromatic N) is 1. The van der Waals surface area contributed by atoms with Crippen molar-refractivity contribution in [3.05, 3.63) is 35.5 Å². The molecule has 1 atom stereocenters. The van der Waals surface area contributed by atoms with Crippen molar-refractivity contribution in [2.24, 2.45) is 0 Å². The van der Waals surface area contributed by atoms with Crippen molar-refractivity contribution < 1.29 is 37.0 Å². The van der Waals surface area contributed by atoms with Crippen LogP contribution in [0.15, 0.2) is 24.3 Å². The average Bonchev–Trinajstić information content (AvgIpc) is 3.18. The first kappa shape index (κ1) is 3.66. The highest BCUT2D eigenvalue weighted by atomic mass is 16.6. The van der Waals surface area contributed by atoms with Gasteiger partial charge in [-0.3, -0.25) is 0 Å². The van der Waals surface area contributed by atoms with Gasteiger partial charge >= 0.3 is 6.09 Å². The summed E-state index contributed by atoms with van der Waals surface area (Å²) < 4.78 is 165. The number of fused-ring (bicyclic) bond motifs is 1. The molecule has 1 aliphatic rings. The van der Waals surface area contributed by atoms with Crippen LogP contribution in [0.5, 0.6) is 0 Å². The number of hydrogen-bond donors (Lipinski definition) is 2. The molecule has 0 radical (unpaired) electrons. The molecule has 1 amide bonds. The number of ether oxygens (including phenoxy) is 1. The van der Waals surface area contributed by atoms with Crippen molar-refractivity contribution in [2.45, 2.75) is 18.8 Å². The zero-order chi connectivity index (χ0) is 32.3. The Morgan fingerprint density at radius 3 is 3.38 bits per heavy atom. The number of carbonyl (C=O) groups is 1. The number of benzene rings is 1. The quantitative estimate of drug-likeness (QED) is 0.887. The van der Waals surface area contributed by atoms with Crippen LogP contribution >= 0.6 is 0 Å². The van der Waals surface area contributed by atoms with E-state index in [2.05, 4.69) is 4.74 Å². The van der Waals surface area contributed by atoms with Gasteiger partial charge in [-0.15, -0.1) is 0 Å². The third kappa shape index (κ3) is 3.19. The zero-order valence-corrected chi connectivity index (χ0v) is 10.2. The molecule has 112 valence electrons. The summed E-state index contributed by atoms with van der Waals surface area (Å²) in [5, 5.41) is -1.51. The number of aromatic amines is 1. The molecule has 1 aromatic carbocycles. The van der Waals surface area contributed by atoms with E-state index < -0.39 is 102 Å². The maximum Gasteiger partial charge on any atom is 0.407 e. The predicted molar refractivity (Wildman–Crippen MR) is 82.5 cm³/mol. The second-order valence-electron chi connectivity index (χ2n) is 3.77. The number of amides is 1. The summed E-state index contributed by atoms with van der Waals surface area (Å²) in [4.78, 5) is 11.4. The van der Waals surface area contributed by atoms with E-state index in [1.807, 2.05) is 0 Å². The normalized spacial score (nSPS) is 41.8. The van der Waals surface area contributed by atoms with Gasteiger partial charge in [0.2, 0.25) is 0 Å². The first-order chi connectivity index (χ1) is 18.0. The number of nitrogens with one attached hydrogen (secondary N) is 2. The van der Waals surface area contributed by atoms with Crippen molar-refractivity contribution in [3.63, 3.8) is 0 Å². The van der Waals surface area contributed by atoms with Crippen LogP contribution in [-0.4, -0.2) is 49.0 Å². The van der Waals surface area contributed by atoms with Crippen LogP contribution < -0.4 is 5.31 Å². The molecule has 0 bridgehead atoms. The van der Waals surface area contributed by atoms with Crippen LogP contribution in [0.4, 0.5) is 4.79 Å². The molecule has 2 heterocycles. The Hall–Kier alpha value is -2.01. The van der Waals surface area contributed by atoms with Crippen molar-refractivity contribution in [3.8, 4) is 0 Å². The largest absolute Gasteiger partial charge is 0.447 e. The predicted octanol–water partition coefficient (Wildman–Crippen LogP) is 1.92. The van der Waals surface area contributed by atoms with Gasteiger partial charge in [-0.1, -0.05) is 6.04 Å². The summed E-state index contributed by atoms with van der Waals surface area (Å²) in [6, 6.07) is -7.33. The van der Waals surface area contributed by atoms with Crippen LogP contribution in [0.2, 0.25) is 2.82 Å². The van der Waals surface area contributed by atoms with Gasteiger partial charge in [0.1, 0.15) is 6.56 Å². The minimum absolute atomic E-state index is 0.195. The van der Waals surface area contributed by atoms with E-state index in [4.69, 9.17) is 27.5 Å². The molecule has 2 aromatic rings. The third-order valence-electron chi connectivity index (χ3n) is 2.37. The van der Waals surface area contributed by atoms with E-state index in [-0.39, 0.29) is 4.98 Å². The molecule has 0 saturated carbocycles. The van der Waals surface area contributed by atoms with Gasteiger partial charge in [0.15, 0.2) is 2.82 Å². The lowest BCUT2D eigenvalue weighted by Crippen LogP contribution is -2.28. The molecule has 21 heavy (non-hydrogen) atoms. The van der Waals surface area contributed by atoms with E-state index in [9.17, 15) is 4.79 Å². The Morgan fingerprint density at radius 2 is 2.62 bits per heavy atom. The molecule has 3 rings (SSSR count). The number of H-pyrrole nitrogens is 1. The molecule has 0 spiro atoms. The summed E-state index contributed by atoms with van der Waals surface area (Å²) in [5.41, 5.74) is -3.27. The van der Waals surface area contributed by atoms with Crippen molar-refractivity contribution in [2.75, 3.05) is 27.0 Å². The lowest BCUT2D eigenvalue weighted by molar-refractivity contribution is 0.177. The fourth-order valence-corrected chi connectivity index (χ4v) is 1.56. The smallest absolute Gasteiger partial charge is 0.407 e. The van der Waals surface area contributed by atoms with Crippen LogP contribution in [-0.2, 0) is 17.5 Å². The van der Waals surface area contributed by atoms with Crippen LogP contribution in [0.25, 0.3) is 10.9 Å². The Bertz CT molecular complexity index is 1400. The van der Waals surface area contributed by atoms with Gasteiger partial charge in [0.25, 0.3) is 0 Å². The van der Waals surface area contributed by atoms with Crippen molar-refractivity contribution in [1.29, 1.82) is 0 Å². The zero-order valence-electron chi connectivity index (χ0n) is 30.2. The summed E-state index contributed by atoms with van der Waals surface area (Å²) in [5.74, 6) is 0. The van der Waals surface area contributed by atoms with Crippen molar-refractivity contribution in [1.82, 2.24) is 15.2 Å². The third-order valence-corrected chi connectivity index (χ3v) is 2.37. The first-order valence-electron chi connectivity index (χ1n) is 15.4. The van der Waals surface area contributed by atoms with Gasteiger partial charge < -0.3 is 19.9 Å². The summed E-state index contributed by atoms with van der Waals surface area (Å²) in [6.07, 6.45) is -8.85. The maximum atomic E-state index is 11.9. The number of hydrogen-bond acceptors (Lipinski definition) is 3. The Labute approximate surface area is 152 Å². The molecule has 1 aromatic heterocycles. The van der Waals surface area contributed by atoms with Crippen LogP contribution in [0.3, 0.4) is 0 Å². The van der Waals surface area contributed by atoms with E-state index in [0.29, 0.717) is 6.20 Å². The number of likely N-dealkylation sites (N-methyl/N-ethyl adjacent to an activating group) is 1. The van der Waals surface area contributed by atoms with Gasteiger partial charge in [-0.2, -0.15) is 0 Å². The lowest BCUT2D eigenvalue weighted by Gasteiger charge is -2.09. The maximum absolute atomic E-state index is 11.9. The van der Waals surface area contributed by atoms with Crippen LogP contribution in [0, 0.1) is 0 Å². The first-order valence-corrected chi connectivity index (χ1v) is 5.50. The number of aryl methyl sites for hydroxylation is 1. The highest BCUT2D eigenvalue weighted by Gasteiger charge is 2.22. The van der Waals surface area contributed by atoms with Crippen LogP contribution in [0.1, 0.15) is 35.8 Å². The molecule has 5 nitrogen and oxygen atoms in total. The number of cyclic esters (lactones) is 1. The molecule has 1 fully saturated rings. The van der Waals surface area contributed by atoms with E-state index in [0.717, 1.165) is 0 Å². The fraction of sp³-hybridized carbons (Fsp3) is 0.438. The molecular formula is C16H21N3O2. The minimum Gasteiger partial charge on any atom is -0.447 e. The second kappa shape index (κ2) is 5.77. The number of alkyl carbamates (subject to hydrolysis) is 1. The topological polar surface area (TPSA) is 57.4 Å². The number of rotatable bonds is 5. The Balaban J connectivity index is 2.47. The molecule has 0 unspecified atom stereocenters. The molecule has 1 aliphatic heterocycles. The highest BCUT2D eigenvalue weighted by Crippen LogP contribution is 2.21. The molecule has 0 aliphatic carbocycles. The number of aromatic nitrogens is 1. The highest BCUT2D eigenvalue weighted by molar-refractivity contribution is 5.84. The molecule has 1 saturated heterocycles. The standard InChI is InChI=1S/C16H21N3O2/c1-19(2)6-5-12-9-17-15-4-3-11(8-14(12)15)7-13-10-21-16(20)18-13/h3-4,8-9,13,17H,5-7,10H2,1-2H3,(H,18,20)/t13-/m0/s1/i1D3,2D3,3D,4D,5D2,6D2,7D2,8D,10D2,13D/hD2. The van der Waals surface area contributed by atoms with Gasteiger partial charge in [0.05, 0.1) is 14.2 Å². The monoisotopic (exact) mass is 307 g/mol. The van der Waals surface area contributed by atoms with Crippen molar-refractivity contribution >= 4 is 17.0 Å². The Kier molecular flexibility index (Phi) is 1.01. The average molecular weight is 307 g/mol. The molecule has 5 heteroatoms. The van der Waals surface area contributed by atoms with E-state index >= 15 is 0 Å². The van der Waals surface area contributed by atoms with E-state index in [1.165, 1.54) is 0 Å². The minimum atomic E-state index is -3.97. The molecular weight excluding hydrogens is 266 g/mol. The van der Waals surface area contributed by atoms with Gasteiger partial charge in [-0.25, -0.2) is 4.79 Å². The Morgan fingerprint density at radius 1 is 1.71 bits per heavy atom. The van der Waals surface area contributed by atoms with Gasteiger partial charge in [-0.05, 0) is 49.9 Å². The SMILES string of the molecule is [2H]c1c(C([2H])([2H])[C@]2([2H])N([2H])C(=O)OC2([2H])[2H])c([2H])c2c(C([2H])([2H])C([2H])([2H])N(C([2H])([2H])[2H])C([2H])([2H])[2H])cn([2H])c2c1[2H]. The molecule has 2 N–H and O–H groups in total. The van der Waals surface area contributed by atoms with Gasteiger partial charge in [0, 0.05) is 40.0 Å². The lowest BCUT2D eigenvalue weighted by atomic mass is 10.0. The van der Waals surface area contributed by atoms with E-state index in [1.54, 1.807) is 0 Å². The number of carbonyl (C=O) groups excluding carboxylic acids is 1. The summed E-state index contributed by atoms with van der Waals surface area (Å²) in [6.45, 7) is -15.1. The fourth-order valence-electron chi connectivity index (χ4n) is 1.56.